The first-order chi connectivity index (χ1) is 18.9. The number of carbonyl (C=O) groups is 2. The number of Topliss-reactive ketones (excluding diaryl/α,β-unsaturated/α-hetero) is 1. The molecule has 7 nitrogen and oxygen atoms in total. The number of carbonyl (C=O) groups excluding carboxylic acids is 2. The van der Waals surface area contributed by atoms with Crippen LogP contribution in [0.4, 0.5) is 5.69 Å². The highest BCUT2D eigenvalue weighted by molar-refractivity contribution is 8.03. The van der Waals surface area contributed by atoms with Gasteiger partial charge in [-0.15, -0.1) is 11.8 Å². The van der Waals surface area contributed by atoms with E-state index in [2.05, 4.69) is 58.1 Å². The molecule has 208 valence electrons. The van der Waals surface area contributed by atoms with Crippen LogP contribution in [0.15, 0.2) is 70.4 Å². The molecule has 1 heterocycles. The molecule has 1 aliphatic carbocycles. The van der Waals surface area contributed by atoms with E-state index in [0.29, 0.717) is 23.9 Å². The molecule has 39 heavy (non-hydrogen) atoms. The van der Waals surface area contributed by atoms with Crippen LogP contribution in [0.2, 0.25) is 0 Å². The quantitative estimate of drug-likeness (QED) is 0.225. The monoisotopic (exact) mass is 547 g/mol. The average molecular weight is 548 g/mol. The molecule has 0 saturated carbocycles. The van der Waals surface area contributed by atoms with Crippen LogP contribution in [0.25, 0.3) is 0 Å². The molecule has 0 bridgehead atoms. The van der Waals surface area contributed by atoms with Gasteiger partial charge < -0.3 is 20.9 Å². The second-order valence-corrected chi connectivity index (χ2v) is 10.8. The van der Waals surface area contributed by atoms with Crippen LogP contribution in [0, 0.1) is 17.2 Å². The summed E-state index contributed by atoms with van der Waals surface area (Å²) < 4.78 is 0. The Morgan fingerprint density at radius 3 is 2.54 bits per heavy atom. The summed E-state index contributed by atoms with van der Waals surface area (Å²) in [6.07, 6.45) is 15.2. The number of allylic oxidation sites excluding steroid dienone is 5. The van der Waals surface area contributed by atoms with Crippen molar-refractivity contribution in [3.05, 3.63) is 76.0 Å². The molecule has 1 aliphatic heterocycles. The van der Waals surface area contributed by atoms with Gasteiger partial charge in [-0.1, -0.05) is 35.9 Å². The number of hydrogen-bond acceptors (Lipinski definition) is 7. The van der Waals surface area contributed by atoms with E-state index in [1.807, 2.05) is 25.1 Å². The molecular weight excluding hydrogens is 506 g/mol. The Morgan fingerprint density at radius 1 is 1.18 bits per heavy atom. The maximum absolute atomic E-state index is 13.4. The summed E-state index contributed by atoms with van der Waals surface area (Å²) in [5.41, 5.74) is 3.22. The van der Waals surface area contributed by atoms with Crippen molar-refractivity contribution in [1.82, 2.24) is 15.5 Å². The van der Waals surface area contributed by atoms with Gasteiger partial charge in [-0.2, -0.15) is 5.26 Å². The smallest absolute Gasteiger partial charge is 0.264 e. The van der Waals surface area contributed by atoms with Crippen molar-refractivity contribution in [2.24, 2.45) is 5.92 Å². The lowest BCUT2D eigenvalue weighted by Crippen LogP contribution is -2.32. The first-order valence-electron chi connectivity index (χ1n) is 13.8. The number of likely N-dealkylation sites (tertiary alicyclic amines) is 1. The van der Waals surface area contributed by atoms with Gasteiger partial charge >= 0.3 is 0 Å². The molecule has 1 aromatic carbocycles. The zero-order chi connectivity index (χ0) is 28.0. The molecule has 1 fully saturated rings. The number of benzene rings is 1. The SMILES string of the molecule is CCN/C(C(=O)/C(=C\Nc1ccc(CCN2CCCC2)cc1)SC)=C(\C#N)C(=O)NCCC1C=CC(C)=CC1. The summed E-state index contributed by atoms with van der Waals surface area (Å²) in [7, 11) is 0. The lowest BCUT2D eigenvalue weighted by Gasteiger charge is -2.16. The van der Waals surface area contributed by atoms with Crippen LogP contribution in [0.1, 0.15) is 45.1 Å². The highest BCUT2D eigenvalue weighted by Gasteiger charge is 2.23. The van der Waals surface area contributed by atoms with Crippen molar-refractivity contribution < 1.29 is 9.59 Å². The van der Waals surface area contributed by atoms with Gasteiger partial charge in [0.25, 0.3) is 5.91 Å². The zero-order valence-corrected chi connectivity index (χ0v) is 24.2. The highest BCUT2D eigenvalue weighted by atomic mass is 32.2. The molecule has 1 unspecified atom stereocenters. The Balaban J connectivity index is 1.62. The normalized spacial score (nSPS) is 18.2. The van der Waals surface area contributed by atoms with Gasteiger partial charge in [0.1, 0.15) is 17.3 Å². The van der Waals surface area contributed by atoms with E-state index in [0.717, 1.165) is 31.5 Å². The van der Waals surface area contributed by atoms with Crippen molar-refractivity contribution in [2.75, 3.05) is 44.3 Å². The molecule has 1 amide bonds. The van der Waals surface area contributed by atoms with Crippen LogP contribution in [-0.2, 0) is 16.0 Å². The lowest BCUT2D eigenvalue weighted by molar-refractivity contribution is -0.118. The third kappa shape index (κ3) is 9.45. The predicted octanol–water partition coefficient (Wildman–Crippen LogP) is 4.93. The van der Waals surface area contributed by atoms with Gasteiger partial charge in [0.2, 0.25) is 5.78 Å². The first kappa shape index (κ1) is 30.3. The second-order valence-electron chi connectivity index (χ2n) is 9.92. The Labute approximate surface area is 237 Å². The van der Waals surface area contributed by atoms with Gasteiger partial charge in [-0.3, -0.25) is 9.59 Å². The van der Waals surface area contributed by atoms with Crippen molar-refractivity contribution in [1.29, 1.82) is 5.26 Å². The van der Waals surface area contributed by atoms with E-state index in [1.54, 1.807) is 12.5 Å². The molecule has 1 saturated heterocycles. The third-order valence-electron chi connectivity index (χ3n) is 7.03. The topological polar surface area (TPSA) is 97.3 Å². The summed E-state index contributed by atoms with van der Waals surface area (Å²) in [6, 6.07) is 10.2. The van der Waals surface area contributed by atoms with E-state index < -0.39 is 5.91 Å². The number of likely N-dealkylation sites (N-methyl/N-ethyl adjacent to an activating group) is 1. The fourth-order valence-corrected chi connectivity index (χ4v) is 5.14. The molecule has 1 atom stereocenters. The lowest BCUT2D eigenvalue weighted by atomic mass is 9.94. The van der Waals surface area contributed by atoms with Crippen LogP contribution < -0.4 is 16.0 Å². The Morgan fingerprint density at radius 2 is 1.92 bits per heavy atom. The molecule has 3 rings (SSSR count). The number of amides is 1. The number of thioether (sulfide) groups is 1. The minimum atomic E-state index is -0.536. The first-order valence-corrected chi connectivity index (χ1v) is 15.1. The number of hydrogen-bond donors (Lipinski definition) is 3. The highest BCUT2D eigenvalue weighted by Crippen LogP contribution is 2.21. The minimum absolute atomic E-state index is 0.0216. The average Bonchev–Trinajstić information content (AvgIpc) is 3.47. The van der Waals surface area contributed by atoms with Gasteiger partial charge in [0, 0.05) is 31.5 Å². The zero-order valence-electron chi connectivity index (χ0n) is 23.4. The van der Waals surface area contributed by atoms with Crippen LogP contribution in [0.5, 0.6) is 0 Å². The Bertz CT molecular complexity index is 1150. The molecule has 1 aromatic rings. The predicted molar refractivity (Wildman–Crippen MR) is 161 cm³/mol. The molecule has 0 spiro atoms. The van der Waals surface area contributed by atoms with Gasteiger partial charge in [-0.05, 0) is 88.9 Å². The maximum Gasteiger partial charge on any atom is 0.264 e. The maximum atomic E-state index is 13.4. The van der Waals surface area contributed by atoms with E-state index in [4.69, 9.17) is 0 Å². The van der Waals surface area contributed by atoms with Crippen LogP contribution in [-0.4, -0.2) is 55.6 Å². The Hall–Kier alpha value is -3.28. The second kappa shape index (κ2) is 16.0. The van der Waals surface area contributed by atoms with Crippen molar-refractivity contribution in [2.45, 2.75) is 46.0 Å². The van der Waals surface area contributed by atoms with E-state index >= 15 is 0 Å². The van der Waals surface area contributed by atoms with E-state index in [9.17, 15) is 14.9 Å². The number of nitrogens with zero attached hydrogens (tertiary/aromatic N) is 2. The molecular formula is C31H41N5O2S. The third-order valence-corrected chi connectivity index (χ3v) is 7.77. The van der Waals surface area contributed by atoms with E-state index in [1.165, 1.54) is 48.8 Å². The number of ketones is 1. The van der Waals surface area contributed by atoms with E-state index in [-0.39, 0.29) is 17.1 Å². The standard InChI is InChI=1S/C31H41N5O2S/c1-4-33-29(27(21-32)31(38)34-17-15-24-9-7-23(2)8-10-24)30(37)28(39-3)22-35-26-13-11-25(12-14-26)16-20-36-18-5-6-19-36/h7-9,11-14,22,24,33,35H,4-6,10,15-20H2,1-3H3,(H,34,38)/b28-22+,29-27+. The molecule has 2 aliphatic rings. The number of rotatable bonds is 14. The summed E-state index contributed by atoms with van der Waals surface area (Å²) >= 11 is 1.27. The van der Waals surface area contributed by atoms with Crippen LogP contribution in [0.3, 0.4) is 0 Å². The van der Waals surface area contributed by atoms with Crippen LogP contribution >= 0.6 is 11.8 Å². The fourth-order valence-electron chi connectivity index (χ4n) is 4.67. The Kier molecular flexibility index (Phi) is 12.4. The largest absolute Gasteiger partial charge is 0.381 e. The summed E-state index contributed by atoms with van der Waals surface area (Å²) in [5, 5.41) is 18.8. The van der Waals surface area contributed by atoms with Gasteiger partial charge in [0.15, 0.2) is 0 Å². The fraction of sp³-hybridized carbons (Fsp3) is 0.452. The summed E-state index contributed by atoms with van der Waals surface area (Å²) in [5.74, 6) is -0.567. The molecule has 8 heteroatoms. The summed E-state index contributed by atoms with van der Waals surface area (Å²) in [4.78, 5) is 29.2. The molecule has 0 radical (unpaired) electrons. The number of nitrogens with one attached hydrogen (secondary N) is 3. The van der Waals surface area contributed by atoms with Gasteiger partial charge in [0.05, 0.1) is 4.91 Å². The van der Waals surface area contributed by atoms with Crippen molar-refractivity contribution >= 4 is 29.1 Å². The van der Waals surface area contributed by atoms with Crippen molar-refractivity contribution in [3.63, 3.8) is 0 Å². The molecule has 0 aromatic heterocycles. The minimum Gasteiger partial charge on any atom is -0.381 e. The molecule has 3 N–H and O–H groups in total. The number of anilines is 1. The van der Waals surface area contributed by atoms with Gasteiger partial charge in [-0.25, -0.2) is 0 Å². The summed E-state index contributed by atoms with van der Waals surface area (Å²) in [6.45, 7) is 8.22. The van der Waals surface area contributed by atoms with Crippen molar-refractivity contribution in [3.8, 4) is 6.07 Å². The number of nitriles is 1.